The summed E-state index contributed by atoms with van der Waals surface area (Å²) >= 11 is 12.1. The first-order valence-corrected chi connectivity index (χ1v) is 13.7. The summed E-state index contributed by atoms with van der Waals surface area (Å²) in [5, 5.41) is 15.2. The van der Waals surface area contributed by atoms with E-state index in [1.54, 1.807) is 22.9 Å². The zero-order valence-electron chi connectivity index (χ0n) is 22.2. The van der Waals surface area contributed by atoms with Crippen molar-refractivity contribution < 1.29 is 9.53 Å². The van der Waals surface area contributed by atoms with Gasteiger partial charge in [-0.05, 0) is 49.7 Å². The number of aryl methyl sites for hydroxylation is 2. The molecule has 0 radical (unpaired) electrons. The molecule has 0 aliphatic carbocycles. The van der Waals surface area contributed by atoms with Crippen LogP contribution < -0.4 is 16.0 Å². The molecule has 1 saturated heterocycles. The number of rotatable bonds is 9. The number of halogens is 2. The Bertz CT molecular complexity index is 1480. The van der Waals surface area contributed by atoms with Gasteiger partial charge in [0.2, 0.25) is 0 Å². The summed E-state index contributed by atoms with van der Waals surface area (Å²) in [7, 11) is 0. The minimum atomic E-state index is -0.310. The van der Waals surface area contributed by atoms with Crippen molar-refractivity contribution in [2.75, 3.05) is 55.3 Å². The molecule has 1 aliphatic rings. The highest BCUT2D eigenvalue weighted by molar-refractivity contribution is 6.35. The first-order valence-electron chi connectivity index (χ1n) is 12.9. The molecule has 12 heteroatoms. The first kappa shape index (κ1) is 27.9. The fourth-order valence-electron chi connectivity index (χ4n) is 4.35. The Morgan fingerprint density at radius 1 is 1.00 bits per heavy atom. The summed E-state index contributed by atoms with van der Waals surface area (Å²) in [6, 6.07) is 14.2. The normalized spacial score (nSPS) is 13.7. The van der Waals surface area contributed by atoms with E-state index in [1.807, 2.05) is 44.2 Å². The standard InChI is InChI=1S/C28H30Cl2N8O2/c1-18-3-4-23(34-28(39)20-12-21(29)14-22(30)13-20)15-24(18)35-27-11-19(2)36-38(27)26-16-25(32-17-33-26)31-5-6-37-7-9-40-10-8-37/h3-4,11-17,35H,5-10H2,1-2H3,(H,34,39)(H,31,32,33). The van der Waals surface area contributed by atoms with Gasteiger partial charge in [-0.15, -0.1) is 0 Å². The molecule has 208 valence electrons. The van der Waals surface area contributed by atoms with E-state index in [-0.39, 0.29) is 5.91 Å². The Balaban J connectivity index is 1.30. The lowest BCUT2D eigenvalue weighted by Gasteiger charge is -2.26. The molecule has 0 bridgehead atoms. The maximum Gasteiger partial charge on any atom is 0.255 e. The number of nitrogens with one attached hydrogen (secondary N) is 3. The quantitative estimate of drug-likeness (QED) is 0.244. The van der Waals surface area contributed by atoms with Crippen LogP contribution in [-0.2, 0) is 4.74 Å². The zero-order chi connectivity index (χ0) is 28.1. The molecular weight excluding hydrogens is 551 g/mol. The van der Waals surface area contributed by atoms with Crippen molar-refractivity contribution in [2.45, 2.75) is 13.8 Å². The summed E-state index contributed by atoms with van der Waals surface area (Å²) in [5.41, 5.74) is 3.61. The Labute approximate surface area is 242 Å². The van der Waals surface area contributed by atoms with E-state index >= 15 is 0 Å². The van der Waals surface area contributed by atoms with Gasteiger partial charge in [0, 0.05) is 65.3 Å². The molecule has 10 nitrogen and oxygen atoms in total. The highest BCUT2D eigenvalue weighted by Gasteiger charge is 2.14. The zero-order valence-corrected chi connectivity index (χ0v) is 23.8. The van der Waals surface area contributed by atoms with Gasteiger partial charge in [-0.25, -0.2) is 9.97 Å². The largest absolute Gasteiger partial charge is 0.379 e. The number of amides is 1. The van der Waals surface area contributed by atoms with E-state index < -0.39 is 0 Å². The maximum atomic E-state index is 12.8. The van der Waals surface area contributed by atoms with Gasteiger partial charge in [0.1, 0.15) is 18.0 Å². The van der Waals surface area contributed by atoms with Crippen LogP contribution in [0, 0.1) is 13.8 Å². The Morgan fingerprint density at radius 3 is 2.55 bits per heavy atom. The lowest BCUT2D eigenvalue weighted by Crippen LogP contribution is -2.39. The fraction of sp³-hybridized carbons (Fsp3) is 0.286. The summed E-state index contributed by atoms with van der Waals surface area (Å²) < 4.78 is 7.15. The molecular formula is C28H30Cl2N8O2. The number of carbonyl (C=O) groups is 1. The van der Waals surface area contributed by atoms with E-state index in [1.165, 1.54) is 6.33 Å². The van der Waals surface area contributed by atoms with Crippen LogP contribution in [-0.4, -0.2) is 69.9 Å². The average Bonchev–Trinajstić information content (AvgIpc) is 3.30. The number of nitrogens with zero attached hydrogens (tertiary/aromatic N) is 5. The third-order valence-electron chi connectivity index (χ3n) is 6.42. The summed E-state index contributed by atoms with van der Waals surface area (Å²) in [6.07, 6.45) is 1.52. The van der Waals surface area contributed by atoms with Gasteiger partial charge in [-0.2, -0.15) is 9.78 Å². The van der Waals surface area contributed by atoms with Crippen LogP contribution in [0.25, 0.3) is 5.82 Å². The van der Waals surface area contributed by atoms with Crippen LogP contribution in [0.15, 0.2) is 54.9 Å². The number of benzene rings is 2. The van der Waals surface area contributed by atoms with Crippen LogP contribution >= 0.6 is 23.2 Å². The molecule has 0 spiro atoms. The van der Waals surface area contributed by atoms with Crippen LogP contribution in [0.1, 0.15) is 21.6 Å². The number of morpholine rings is 1. The molecule has 3 heterocycles. The van der Waals surface area contributed by atoms with Crippen molar-refractivity contribution >= 4 is 52.1 Å². The van der Waals surface area contributed by atoms with E-state index in [4.69, 9.17) is 27.9 Å². The van der Waals surface area contributed by atoms with Crippen molar-refractivity contribution in [1.29, 1.82) is 0 Å². The molecule has 2 aromatic carbocycles. The highest BCUT2D eigenvalue weighted by Crippen LogP contribution is 2.27. The molecule has 0 saturated carbocycles. The van der Waals surface area contributed by atoms with Crippen molar-refractivity contribution in [3.8, 4) is 5.82 Å². The minimum Gasteiger partial charge on any atom is -0.379 e. The lowest BCUT2D eigenvalue weighted by atomic mass is 10.1. The van der Waals surface area contributed by atoms with Crippen molar-refractivity contribution in [3.63, 3.8) is 0 Å². The molecule has 4 aromatic rings. The molecule has 1 fully saturated rings. The molecule has 40 heavy (non-hydrogen) atoms. The number of hydrogen-bond acceptors (Lipinski definition) is 8. The predicted molar refractivity (Wildman–Crippen MR) is 159 cm³/mol. The van der Waals surface area contributed by atoms with Crippen molar-refractivity contribution in [1.82, 2.24) is 24.6 Å². The Kier molecular flexibility index (Phi) is 8.81. The van der Waals surface area contributed by atoms with Gasteiger partial charge in [-0.1, -0.05) is 29.3 Å². The number of anilines is 4. The molecule has 2 aromatic heterocycles. The van der Waals surface area contributed by atoms with Gasteiger partial charge in [0.25, 0.3) is 5.91 Å². The third-order valence-corrected chi connectivity index (χ3v) is 6.86. The summed E-state index contributed by atoms with van der Waals surface area (Å²) in [6.45, 7) is 9.01. The van der Waals surface area contributed by atoms with E-state index in [2.05, 4.69) is 35.9 Å². The van der Waals surface area contributed by atoms with Crippen LogP contribution in [0.3, 0.4) is 0 Å². The second-order valence-corrected chi connectivity index (χ2v) is 10.4. The third kappa shape index (κ3) is 7.08. The molecule has 5 rings (SSSR count). The van der Waals surface area contributed by atoms with Gasteiger partial charge in [-0.3, -0.25) is 9.69 Å². The number of carbonyl (C=O) groups excluding carboxylic acids is 1. The smallest absolute Gasteiger partial charge is 0.255 e. The number of ether oxygens (including phenoxy) is 1. The predicted octanol–water partition coefficient (Wildman–Crippen LogP) is 5.33. The van der Waals surface area contributed by atoms with Crippen molar-refractivity contribution in [3.05, 3.63) is 81.7 Å². The topological polar surface area (TPSA) is 109 Å². The Morgan fingerprint density at radius 2 is 1.77 bits per heavy atom. The summed E-state index contributed by atoms with van der Waals surface area (Å²) in [4.78, 5) is 24.0. The second kappa shape index (κ2) is 12.6. The van der Waals surface area contributed by atoms with Crippen molar-refractivity contribution in [2.24, 2.45) is 0 Å². The fourth-order valence-corrected chi connectivity index (χ4v) is 4.88. The summed E-state index contributed by atoms with van der Waals surface area (Å²) in [5.74, 6) is 1.76. The van der Waals surface area contributed by atoms with E-state index in [9.17, 15) is 4.79 Å². The second-order valence-electron chi connectivity index (χ2n) is 9.49. The lowest BCUT2D eigenvalue weighted by molar-refractivity contribution is 0.0398. The molecule has 1 aliphatic heterocycles. The minimum absolute atomic E-state index is 0.310. The molecule has 0 atom stereocenters. The van der Waals surface area contributed by atoms with E-state index in [0.29, 0.717) is 27.1 Å². The Hall–Kier alpha value is -3.70. The van der Waals surface area contributed by atoms with Gasteiger partial charge in [0.15, 0.2) is 5.82 Å². The first-order chi connectivity index (χ1) is 19.3. The van der Waals surface area contributed by atoms with E-state index in [0.717, 1.165) is 68.0 Å². The molecule has 0 unspecified atom stereocenters. The maximum absolute atomic E-state index is 12.8. The molecule has 3 N–H and O–H groups in total. The monoisotopic (exact) mass is 580 g/mol. The molecule has 1 amide bonds. The van der Waals surface area contributed by atoms with Gasteiger partial charge >= 0.3 is 0 Å². The SMILES string of the molecule is Cc1cc(Nc2cc(NC(=O)c3cc(Cl)cc(Cl)c3)ccc2C)n(-c2cc(NCCN3CCOCC3)ncn2)n1. The average molecular weight is 582 g/mol. The highest BCUT2D eigenvalue weighted by atomic mass is 35.5. The van der Waals surface area contributed by atoms with Gasteiger partial charge in [0.05, 0.1) is 18.9 Å². The number of aromatic nitrogens is 4. The van der Waals surface area contributed by atoms with Crippen LogP contribution in [0.5, 0.6) is 0 Å². The van der Waals surface area contributed by atoms with Gasteiger partial charge < -0.3 is 20.7 Å². The van der Waals surface area contributed by atoms with Crippen LogP contribution in [0.2, 0.25) is 10.0 Å². The van der Waals surface area contributed by atoms with Crippen LogP contribution in [0.4, 0.5) is 23.0 Å². The number of hydrogen-bond donors (Lipinski definition) is 3.